The fourth-order valence-electron chi connectivity index (χ4n) is 4.18. The molecule has 2 aliphatic rings. The van der Waals surface area contributed by atoms with E-state index in [1.165, 1.54) is 45.2 Å². The largest absolute Gasteiger partial charge is 0.317 e. The lowest BCUT2D eigenvalue weighted by atomic mass is 9.81. The van der Waals surface area contributed by atoms with E-state index in [1.807, 2.05) is 0 Å². The van der Waals surface area contributed by atoms with E-state index in [0.717, 1.165) is 29.8 Å². The number of nitrogens with one attached hydrogen (secondary N) is 1. The Bertz CT molecular complexity index is 253. The van der Waals surface area contributed by atoms with E-state index in [2.05, 4.69) is 38.0 Å². The maximum Gasteiger partial charge on any atom is 0.0104 e. The molecule has 1 N–H and O–H groups in total. The average Bonchev–Trinajstić information content (AvgIpc) is 2.36. The molecule has 5 atom stereocenters. The minimum Gasteiger partial charge on any atom is -0.317 e. The predicted octanol–water partition coefficient (Wildman–Crippen LogP) is 3.13. The van der Waals surface area contributed by atoms with Gasteiger partial charge in [0, 0.05) is 25.2 Å². The molecular weight excluding hydrogens is 220 g/mol. The van der Waals surface area contributed by atoms with Gasteiger partial charge in [-0.2, -0.15) is 0 Å². The van der Waals surface area contributed by atoms with Gasteiger partial charge in [0.2, 0.25) is 0 Å². The van der Waals surface area contributed by atoms with Gasteiger partial charge in [-0.25, -0.2) is 0 Å². The first kappa shape index (κ1) is 14.3. The van der Waals surface area contributed by atoms with Gasteiger partial charge in [0.1, 0.15) is 0 Å². The maximum absolute atomic E-state index is 3.55. The van der Waals surface area contributed by atoms with Crippen molar-refractivity contribution in [1.29, 1.82) is 0 Å². The molecule has 106 valence electrons. The van der Waals surface area contributed by atoms with Gasteiger partial charge in [-0.3, -0.25) is 4.90 Å². The summed E-state index contributed by atoms with van der Waals surface area (Å²) in [5.41, 5.74) is 0. The van der Waals surface area contributed by atoms with Crippen LogP contribution in [0, 0.1) is 17.8 Å². The molecule has 0 radical (unpaired) electrons. The maximum atomic E-state index is 3.55. The minimum atomic E-state index is 0.762. The highest BCUT2D eigenvalue weighted by molar-refractivity contribution is 4.87. The van der Waals surface area contributed by atoms with Crippen LogP contribution in [0.5, 0.6) is 0 Å². The van der Waals surface area contributed by atoms with Crippen LogP contribution in [0.15, 0.2) is 0 Å². The van der Waals surface area contributed by atoms with Crippen LogP contribution in [-0.4, -0.2) is 37.1 Å². The summed E-state index contributed by atoms with van der Waals surface area (Å²) < 4.78 is 0. The van der Waals surface area contributed by atoms with Crippen molar-refractivity contribution in [2.45, 2.75) is 65.0 Å². The van der Waals surface area contributed by atoms with Crippen molar-refractivity contribution in [3.63, 3.8) is 0 Å². The Hall–Kier alpha value is -0.0800. The van der Waals surface area contributed by atoms with Crippen LogP contribution in [0.4, 0.5) is 0 Å². The first-order valence-corrected chi connectivity index (χ1v) is 8.03. The zero-order valence-electron chi connectivity index (χ0n) is 12.8. The lowest BCUT2D eigenvalue weighted by Gasteiger charge is -2.44. The normalized spacial score (nSPS) is 43.0. The van der Waals surface area contributed by atoms with Crippen molar-refractivity contribution >= 4 is 0 Å². The molecule has 2 heteroatoms. The molecule has 0 aromatic carbocycles. The highest BCUT2D eigenvalue weighted by atomic mass is 15.2. The average molecular weight is 252 g/mol. The molecule has 0 amide bonds. The molecule has 1 heterocycles. The lowest BCUT2D eigenvalue weighted by Crippen LogP contribution is -2.51. The summed E-state index contributed by atoms with van der Waals surface area (Å²) in [7, 11) is 2.15. The topological polar surface area (TPSA) is 15.3 Å². The fourth-order valence-corrected chi connectivity index (χ4v) is 4.18. The van der Waals surface area contributed by atoms with Crippen LogP contribution in [0.2, 0.25) is 0 Å². The monoisotopic (exact) mass is 252 g/mol. The van der Waals surface area contributed by atoms with Crippen molar-refractivity contribution in [3.05, 3.63) is 0 Å². The minimum absolute atomic E-state index is 0.762. The first-order chi connectivity index (χ1) is 8.61. The molecule has 1 aliphatic heterocycles. The summed E-state index contributed by atoms with van der Waals surface area (Å²) in [5, 5.41) is 3.55. The third kappa shape index (κ3) is 3.27. The summed E-state index contributed by atoms with van der Waals surface area (Å²) in [6.45, 7) is 9.93. The van der Waals surface area contributed by atoms with E-state index in [0.29, 0.717) is 0 Å². The van der Waals surface area contributed by atoms with E-state index >= 15 is 0 Å². The highest BCUT2D eigenvalue weighted by Gasteiger charge is 2.32. The molecule has 2 rings (SSSR count). The molecule has 0 aromatic rings. The molecule has 1 aliphatic carbocycles. The van der Waals surface area contributed by atoms with Crippen molar-refractivity contribution in [2.24, 2.45) is 17.8 Å². The second-order valence-corrected chi connectivity index (χ2v) is 6.95. The van der Waals surface area contributed by atoms with Crippen LogP contribution in [-0.2, 0) is 0 Å². The van der Waals surface area contributed by atoms with Crippen LogP contribution >= 0.6 is 0 Å². The van der Waals surface area contributed by atoms with E-state index in [1.54, 1.807) is 0 Å². The number of likely N-dealkylation sites (tertiary alicyclic amines) is 1. The number of piperidine rings is 1. The van der Waals surface area contributed by atoms with Gasteiger partial charge in [0.15, 0.2) is 0 Å². The molecule has 1 saturated carbocycles. The Kier molecular flexibility index (Phi) is 5.08. The van der Waals surface area contributed by atoms with E-state index in [9.17, 15) is 0 Å². The summed E-state index contributed by atoms with van der Waals surface area (Å²) in [4.78, 5) is 2.78. The van der Waals surface area contributed by atoms with Gasteiger partial charge in [-0.15, -0.1) is 0 Å². The molecule has 2 fully saturated rings. The van der Waals surface area contributed by atoms with E-state index in [4.69, 9.17) is 0 Å². The predicted molar refractivity (Wildman–Crippen MR) is 78.8 cm³/mol. The molecule has 18 heavy (non-hydrogen) atoms. The Morgan fingerprint density at radius 2 is 1.83 bits per heavy atom. The fraction of sp³-hybridized carbons (Fsp3) is 1.00. The van der Waals surface area contributed by atoms with Gasteiger partial charge < -0.3 is 5.32 Å². The van der Waals surface area contributed by atoms with Crippen molar-refractivity contribution < 1.29 is 0 Å². The van der Waals surface area contributed by atoms with Gasteiger partial charge >= 0.3 is 0 Å². The van der Waals surface area contributed by atoms with Crippen LogP contribution in [0.1, 0.15) is 52.9 Å². The second-order valence-electron chi connectivity index (χ2n) is 6.95. The van der Waals surface area contributed by atoms with Crippen molar-refractivity contribution in [1.82, 2.24) is 10.2 Å². The van der Waals surface area contributed by atoms with E-state index < -0.39 is 0 Å². The molecule has 0 aromatic heterocycles. The Morgan fingerprint density at radius 3 is 2.56 bits per heavy atom. The Labute approximate surface area is 114 Å². The standard InChI is InChI=1S/C16H32N2/c1-12-9-13(2)14(3)18(10-12)11-15-7-5-6-8-16(15)17-4/h12-17H,5-11H2,1-4H3. The summed E-state index contributed by atoms with van der Waals surface area (Å²) >= 11 is 0. The first-order valence-electron chi connectivity index (χ1n) is 8.03. The molecule has 1 saturated heterocycles. The lowest BCUT2D eigenvalue weighted by molar-refractivity contribution is 0.0517. The van der Waals surface area contributed by atoms with Gasteiger partial charge in [0.05, 0.1) is 0 Å². The molecule has 5 unspecified atom stereocenters. The van der Waals surface area contributed by atoms with Crippen LogP contribution < -0.4 is 5.32 Å². The summed E-state index contributed by atoms with van der Waals surface area (Å²) in [6, 6.07) is 1.54. The second kappa shape index (κ2) is 6.38. The SMILES string of the molecule is CNC1CCCCC1CN1CC(C)CC(C)C1C. The summed E-state index contributed by atoms with van der Waals surface area (Å²) in [6.07, 6.45) is 7.09. The zero-order chi connectivity index (χ0) is 13.1. The third-order valence-corrected chi connectivity index (χ3v) is 5.47. The zero-order valence-corrected chi connectivity index (χ0v) is 12.8. The van der Waals surface area contributed by atoms with Crippen LogP contribution in [0.3, 0.4) is 0 Å². The molecule has 0 spiro atoms. The van der Waals surface area contributed by atoms with Gasteiger partial charge in [0.25, 0.3) is 0 Å². The van der Waals surface area contributed by atoms with Crippen LogP contribution in [0.25, 0.3) is 0 Å². The summed E-state index contributed by atoms with van der Waals surface area (Å²) in [5.74, 6) is 2.63. The number of hydrogen-bond acceptors (Lipinski definition) is 2. The molecule has 0 bridgehead atoms. The third-order valence-electron chi connectivity index (χ3n) is 5.47. The van der Waals surface area contributed by atoms with Gasteiger partial charge in [-0.05, 0) is 51.0 Å². The Balaban J connectivity index is 1.94. The Morgan fingerprint density at radius 1 is 1.11 bits per heavy atom. The number of hydrogen-bond donors (Lipinski definition) is 1. The van der Waals surface area contributed by atoms with E-state index in [-0.39, 0.29) is 0 Å². The van der Waals surface area contributed by atoms with Crippen molar-refractivity contribution in [2.75, 3.05) is 20.1 Å². The number of nitrogens with zero attached hydrogens (tertiary/aromatic N) is 1. The highest BCUT2D eigenvalue weighted by Crippen LogP contribution is 2.31. The quantitative estimate of drug-likeness (QED) is 0.830. The molecule has 2 nitrogen and oxygen atoms in total. The smallest absolute Gasteiger partial charge is 0.0104 e. The number of rotatable bonds is 3. The van der Waals surface area contributed by atoms with Crippen molar-refractivity contribution in [3.8, 4) is 0 Å². The molecular formula is C16H32N2. The van der Waals surface area contributed by atoms with Gasteiger partial charge in [-0.1, -0.05) is 26.7 Å².